The predicted molar refractivity (Wildman–Crippen MR) is 99.4 cm³/mol. The van der Waals surface area contributed by atoms with E-state index < -0.39 is 5.97 Å². The van der Waals surface area contributed by atoms with Crippen LogP contribution in [-0.4, -0.2) is 38.0 Å². The van der Waals surface area contributed by atoms with E-state index in [4.69, 9.17) is 0 Å². The third-order valence-electron chi connectivity index (χ3n) is 4.33. The highest BCUT2D eigenvalue weighted by Crippen LogP contribution is 2.29. The minimum absolute atomic E-state index is 0.0256. The zero-order chi connectivity index (χ0) is 18.8. The van der Waals surface area contributed by atoms with Gasteiger partial charge in [-0.25, -0.2) is 14.3 Å². The summed E-state index contributed by atoms with van der Waals surface area (Å²) in [5, 5.41) is 16.6. The number of Topliss-reactive ketones (excluding diaryl/α,β-unsaturated/α-hetero) is 1. The molecule has 27 heavy (non-hydrogen) atoms. The van der Waals surface area contributed by atoms with Crippen LogP contribution in [0.25, 0.3) is 16.9 Å². The molecule has 134 valence electrons. The van der Waals surface area contributed by atoms with E-state index in [1.54, 1.807) is 12.3 Å². The van der Waals surface area contributed by atoms with Gasteiger partial charge in [0.1, 0.15) is 5.56 Å². The lowest BCUT2D eigenvalue weighted by molar-refractivity contribution is -0.114. The monoisotopic (exact) mass is 360 g/mol. The van der Waals surface area contributed by atoms with Crippen LogP contribution in [-0.2, 0) is 4.79 Å². The molecule has 0 radical (unpaired) electrons. The van der Waals surface area contributed by atoms with E-state index in [2.05, 4.69) is 27.2 Å². The molecule has 7 nitrogen and oxygen atoms in total. The van der Waals surface area contributed by atoms with Crippen molar-refractivity contribution in [3.8, 4) is 23.1 Å². The van der Waals surface area contributed by atoms with Crippen molar-refractivity contribution in [2.24, 2.45) is 5.92 Å². The van der Waals surface area contributed by atoms with Crippen LogP contribution >= 0.6 is 0 Å². The number of carboxylic acids is 1. The molecule has 1 aromatic carbocycles. The summed E-state index contributed by atoms with van der Waals surface area (Å²) >= 11 is 0. The number of nitrogens with zero attached hydrogens (tertiary/aromatic N) is 3. The van der Waals surface area contributed by atoms with Crippen LogP contribution in [0.4, 0.5) is 5.69 Å². The molecule has 0 bridgehead atoms. The van der Waals surface area contributed by atoms with Crippen LogP contribution in [0.3, 0.4) is 0 Å². The second-order valence-electron chi connectivity index (χ2n) is 6.30. The Kier molecular flexibility index (Phi) is 4.30. The maximum Gasteiger partial charge on any atom is 0.341 e. The molecule has 0 saturated heterocycles. The largest absolute Gasteiger partial charge is 0.477 e. The Morgan fingerprint density at radius 3 is 2.93 bits per heavy atom. The van der Waals surface area contributed by atoms with Gasteiger partial charge in [0.25, 0.3) is 0 Å². The fourth-order valence-corrected chi connectivity index (χ4v) is 2.77. The number of benzene rings is 1. The lowest BCUT2D eigenvalue weighted by Gasteiger charge is -2.08. The van der Waals surface area contributed by atoms with Crippen LogP contribution in [0.15, 0.2) is 42.7 Å². The number of aromatic carboxylic acids is 1. The summed E-state index contributed by atoms with van der Waals surface area (Å²) in [6.07, 6.45) is 4.78. The summed E-state index contributed by atoms with van der Waals surface area (Å²) in [6.45, 7) is 0.374. The number of carboxylic acid groups (broad SMARTS) is 1. The van der Waals surface area contributed by atoms with Crippen molar-refractivity contribution in [2.45, 2.75) is 12.8 Å². The first-order valence-corrected chi connectivity index (χ1v) is 8.56. The number of anilines is 1. The number of rotatable bonds is 5. The SMILES string of the molecule is O=C(O)c1cnn2c(-c3cccc(NCC#CC(=O)C4CC4)c3)ccnc12. The Morgan fingerprint density at radius 2 is 2.15 bits per heavy atom. The zero-order valence-corrected chi connectivity index (χ0v) is 14.3. The number of ketones is 1. The van der Waals surface area contributed by atoms with E-state index in [1.165, 1.54) is 10.7 Å². The average molecular weight is 360 g/mol. The number of carbonyl (C=O) groups is 2. The molecule has 2 N–H and O–H groups in total. The molecule has 7 heteroatoms. The normalized spacial score (nSPS) is 13.0. The van der Waals surface area contributed by atoms with Crippen LogP contribution in [0.5, 0.6) is 0 Å². The van der Waals surface area contributed by atoms with Crippen LogP contribution in [0.2, 0.25) is 0 Å². The topological polar surface area (TPSA) is 96.6 Å². The minimum atomic E-state index is -1.07. The van der Waals surface area contributed by atoms with Gasteiger partial charge in [-0.15, -0.1) is 0 Å². The Labute approximate surface area is 155 Å². The van der Waals surface area contributed by atoms with Crippen molar-refractivity contribution in [3.63, 3.8) is 0 Å². The molecule has 3 aromatic rings. The maximum atomic E-state index is 11.6. The lowest BCUT2D eigenvalue weighted by atomic mass is 10.1. The van der Waals surface area contributed by atoms with Crippen LogP contribution in [0, 0.1) is 17.8 Å². The lowest BCUT2D eigenvalue weighted by Crippen LogP contribution is -2.02. The molecule has 1 fully saturated rings. The summed E-state index contributed by atoms with van der Waals surface area (Å²) in [6, 6.07) is 9.39. The van der Waals surface area contributed by atoms with Gasteiger partial charge in [-0.1, -0.05) is 18.1 Å². The predicted octanol–water partition coefficient (Wildman–Crippen LogP) is 2.49. The van der Waals surface area contributed by atoms with E-state index in [0.29, 0.717) is 12.2 Å². The molecule has 2 aromatic heterocycles. The first-order valence-electron chi connectivity index (χ1n) is 8.56. The Balaban J connectivity index is 1.56. The molecule has 0 unspecified atom stereocenters. The highest BCUT2D eigenvalue weighted by molar-refractivity contribution is 5.98. The molecular formula is C20H16N4O3. The third kappa shape index (κ3) is 3.51. The summed E-state index contributed by atoms with van der Waals surface area (Å²) in [5.74, 6) is 4.64. The van der Waals surface area contributed by atoms with E-state index in [1.807, 2.05) is 24.3 Å². The second-order valence-corrected chi connectivity index (χ2v) is 6.30. The van der Waals surface area contributed by atoms with E-state index >= 15 is 0 Å². The zero-order valence-electron chi connectivity index (χ0n) is 14.3. The Bertz CT molecular complexity index is 1100. The molecule has 0 atom stereocenters. The molecule has 0 spiro atoms. The standard InChI is InChI=1S/C20H16N4O3/c25-18(13-6-7-13)5-2-9-21-15-4-1-3-14(11-15)17-8-10-22-19-16(20(26)27)12-23-24(17)19/h1,3-4,8,10-13,21H,6-7,9H2,(H,26,27). The summed E-state index contributed by atoms with van der Waals surface area (Å²) in [5.41, 5.74) is 2.78. The average Bonchev–Trinajstić information content (AvgIpc) is 3.43. The quantitative estimate of drug-likeness (QED) is 0.536. The van der Waals surface area contributed by atoms with Gasteiger partial charge in [-0.05, 0) is 37.0 Å². The Hall–Kier alpha value is -3.66. The number of nitrogens with one attached hydrogen (secondary N) is 1. The van der Waals surface area contributed by atoms with Gasteiger partial charge in [0.2, 0.25) is 5.78 Å². The molecule has 2 heterocycles. The van der Waals surface area contributed by atoms with Crippen molar-refractivity contribution in [2.75, 3.05) is 11.9 Å². The number of hydrogen-bond donors (Lipinski definition) is 2. The van der Waals surface area contributed by atoms with E-state index in [9.17, 15) is 14.7 Å². The molecular weight excluding hydrogens is 344 g/mol. The number of aromatic nitrogens is 3. The van der Waals surface area contributed by atoms with Gasteiger partial charge in [-0.2, -0.15) is 5.10 Å². The summed E-state index contributed by atoms with van der Waals surface area (Å²) < 4.78 is 1.51. The molecule has 4 rings (SSSR count). The van der Waals surface area contributed by atoms with Gasteiger partial charge in [0.15, 0.2) is 5.65 Å². The van der Waals surface area contributed by atoms with Gasteiger partial charge in [0.05, 0.1) is 18.4 Å². The highest BCUT2D eigenvalue weighted by Gasteiger charge is 2.27. The summed E-state index contributed by atoms with van der Waals surface area (Å²) in [7, 11) is 0. The first-order chi connectivity index (χ1) is 13.1. The molecule has 0 amide bonds. The van der Waals surface area contributed by atoms with Crippen molar-refractivity contribution in [1.29, 1.82) is 0 Å². The van der Waals surface area contributed by atoms with Crippen molar-refractivity contribution < 1.29 is 14.7 Å². The first kappa shape index (κ1) is 16.8. The summed E-state index contributed by atoms with van der Waals surface area (Å²) in [4.78, 5) is 27.0. The smallest absolute Gasteiger partial charge is 0.341 e. The number of hydrogen-bond acceptors (Lipinski definition) is 5. The van der Waals surface area contributed by atoms with E-state index in [0.717, 1.165) is 29.8 Å². The molecule has 0 aliphatic heterocycles. The number of carbonyl (C=O) groups excluding carboxylic acids is 1. The van der Waals surface area contributed by atoms with Gasteiger partial charge in [-0.3, -0.25) is 4.79 Å². The second kappa shape index (κ2) is 6.92. The van der Waals surface area contributed by atoms with E-state index in [-0.39, 0.29) is 17.3 Å². The van der Waals surface area contributed by atoms with Gasteiger partial charge in [0, 0.05) is 23.4 Å². The fraction of sp³-hybridized carbons (Fsp3) is 0.200. The maximum absolute atomic E-state index is 11.6. The minimum Gasteiger partial charge on any atom is -0.477 e. The molecule has 1 aliphatic carbocycles. The molecule has 1 aliphatic rings. The third-order valence-corrected chi connectivity index (χ3v) is 4.33. The molecule has 1 saturated carbocycles. The van der Waals surface area contributed by atoms with Gasteiger partial charge >= 0.3 is 5.97 Å². The van der Waals surface area contributed by atoms with Crippen LogP contribution < -0.4 is 5.32 Å². The van der Waals surface area contributed by atoms with Crippen LogP contribution in [0.1, 0.15) is 23.2 Å². The van der Waals surface area contributed by atoms with Crippen molar-refractivity contribution in [1.82, 2.24) is 14.6 Å². The Morgan fingerprint density at radius 1 is 1.30 bits per heavy atom. The fourth-order valence-electron chi connectivity index (χ4n) is 2.77. The number of fused-ring (bicyclic) bond motifs is 1. The highest BCUT2D eigenvalue weighted by atomic mass is 16.4. The van der Waals surface area contributed by atoms with Crippen molar-refractivity contribution >= 4 is 23.1 Å². The van der Waals surface area contributed by atoms with Gasteiger partial charge < -0.3 is 10.4 Å². The van der Waals surface area contributed by atoms with Crippen molar-refractivity contribution in [3.05, 3.63) is 48.3 Å².